The van der Waals surface area contributed by atoms with E-state index in [1.807, 2.05) is 0 Å². The predicted octanol–water partition coefficient (Wildman–Crippen LogP) is 15.8. The Bertz CT molecular complexity index is 3530. The van der Waals surface area contributed by atoms with Gasteiger partial charge < -0.3 is 13.9 Å². The molecule has 59 heavy (non-hydrogen) atoms. The zero-order valence-corrected chi connectivity index (χ0v) is 32.1. The first-order valence-corrected chi connectivity index (χ1v) is 20.2. The van der Waals surface area contributed by atoms with Crippen LogP contribution >= 0.6 is 0 Å². The molecular weight excluding hydrogens is 717 g/mol. The molecule has 276 valence electrons. The van der Waals surface area contributed by atoms with E-state index < -0.39 is 0 Å². The molecule has 2 aromatic heterocycles. The van der Waals surface area contributed by atoms with E-state index in [9.17, 15) is 0 Å². The van der Waals surface area contributed by atoms with Crippen molar-refractivity contribution >= 4 is 82.4 Å². The molecule has 0 aliphatic heterocycles. The van der Waals surface area contributed by atoms with Crippen LogP contribution in [0.3, 0.4) is 0 Å². The van der Waals surface area contributed by atoms with Crippen LogP contribution < -0.4 is 4.90 Å². The number of hydrogen-bond donors (Lipinski definition) is 0. The number of fused-ring (bicyclic) bond motifs is 9. The summed E-state index contributed by atoms with van der Waals surface area (Å²) in [5.41, 5.74) is 13.0. The van der Waals surface area contributed by atoms with Crippen molar-refractivity contribution in [3.05, 3.63) is 218 Å². The van der Waals surface area contributed by atoms with Crippen molar-refractivity contribution in [3.8, 4) is 27.9 Å². The monoisotopic (exact) mass is 752 g/mol. The molecule has 3 heteroatoms. The lowest BCUT2D eigenvalue weighted by molar-refractivity contribution is 0.673. The first kappa shape index (κ1) is 33.3. The lowest BCUT2D eigenvalue weighted by Gasteiger charge is -2.30. The van der Waals surface area contributed by atoms with Crippen molar-refractivity contribution < 1.29 is 4.42 Å². The Morgan fingerprint density at radius 2 is 0.949 bits per heavy atom. The van der Waals surface area contributed by atoms with Crippen LogP contribution in [0.2, 0.25) is 0 Å². The highest BCUT2D eigenvalue weighted by atomic mass is 16.3. The molecular formula is C56H36N2O. The van der Waals surface area contributed by atoms with Crippen LogP contribution in [-0.4, -0.2) is 4.57 Å². The van der Waals surface area contributed by atoms with Crippen LogP contribution in [0.5, 0.6) is 0 Å². The molecule has 10 aromatic carbocycles. The molecule has 0 fully saturated rings. The minimum Gasteiger partial charge on any atom is -0.455 e. The number of hydrogen-bond acceptors (Lipinski definition) is 2. The van der Waals surface area contributed by atoms with Crippen molar-refractivity contribution in [3.63, 3.8) is 0 Å². The molecule has 0 bridgehead atoms. The van der Waals surface area contributed by atoms with Crippen molar-refractivity contribution in [2.45, 2.75) is 0 Å². The van der Waals surface area contributed by atoms with Crippen molar-refractivity contribution in [2.75, 3.05) is 4.90 Å². The first-order chi connectivity index (χ1) is 29.3. The maximum atomic E-state index is 6.73. The summed E-state index contributed by atoms with van der Waals surface area (Å²) in [4.78, 5) is 2.46. The number of aromatic nitrogens is 1. The Kier molecular flexibility index (Phi) is 7.54. The fourth-order valence-electron chi connectivity index (χ4n) is 9.40. The summed E-state index contributed by atoms with van der Waals surface area (Å²) in [6.45, 7) is 0. The van der Waals surface area contributed by atoms with Crippen LogP contribution in [0.25, 0.3) is 93.2 Å². The Balaban J connectivity index is 1.15. The van der Waals surface area contributed by atoms with Crippen LogP contribution in [0.4, 0.5) is 17.1 Å². The Hall–Kier alpha value is -7.88. The van der Waals surface area contributed by atoms with E-state index >= 15 is 0 Å². The lowest BCUT2D eigenvalue weighted by atomic mass is 9.95. The molecule has 0 amide bonds. The Morgan fingerprint density at radius 3 is 1.76 bits per heavy atom. The topological polar surface area (TPSA) is 21.3 Å². The molecule has 0 saturated carbocycles. The van der Waals surface area contributed by atoms with E-state index in [4.69, 9.17) is 4.42 Å². The quantitative estimate of drug-likeness (QED) is 0.169. The van der Waals surface area contributed by atoms with Crippen molar-refractivity contribution in [2.24, 2.45) is 0 Å². The Morgan fingerprint density at radius 1 is 0.373 bits per heavy atom. The number of benzene rings is 10. The molecule has 0 aliphatic rings. The third-order valence-electron chi connectivity index (χ3n) is 12.0. The Labute approximate surface area is 341 Å². The van der Waals surface area contributed by atoms with Crippen LogP contribution in [0, 0.1) is 0 Å². The fourth-order valence-corrected chi connectivity index (χ4v) is 9.40. The summed E-state index contributed by atoms with van der Waals surface area (Å²) < 4.78 is 9.16. The molecule has 0 aliphatic carbocycles. The molecule has 0 N–H and O–H groups in total. The highest BCUT2D eigenvalue weighted by Crippen LogP contribution is 2.48. The number of nitrogens with zero attached hydrogens (tertiary/aromatic N) is 2. The van der Waals surface area contributed by atoms with Gasteiger partial charge in [-0.15, -0.1) is 0 Å². The highest BCUT2D eigenvalue weighted by molar-refractivity contribution is 6.20. The van der Waals surface area contributed by atoms with E-state index in [-0.39, 0.29) is 0 Å². The van der Waals surface area contributed by atoms with Gasteiger partial charge >= 0.3 is 0 Å². The molecule has 0 atom stereocenters. The minimum absolute atomic E-state index is 0.874. The molecule has 2 heterocycles. The molecule has 0 saturated heterocycles. The normalized spacial score (nSPS) is 11.7. The maximum Gasteiger partial charge on any atom is 0.143 e. The van der Waals surface area contributed by atoms with Crippen molar-refractivity contribution in [1.29, 1.82) is 0 Å². The van der Waals surface area contributed by atoms with Gasteiger partial charge in [0.25, 0.3) is 0 Å². The van der Waals surface area contributed by atoms with Gasteiger partial charge in [-0.3, -0.25) is 0 Å². The van der Waals surface area contributed by atoms with Crippen LogP contribution in [-0.2, 0) is 0 Å². The minimum atomic E-state index is 0.874. The fraction of sp³-hybridized carbons (Fsp3) is 0. The van der Waals surface area contributed by atoms with Gasteiger partial charge in [-0.05, 0) is 87.4 Å². The van der Waals surface area contributed by atoms with Gasteiger partial charge in [-0.2, -0.15) is 0 Å². The zero-order valence-electron chi connectivity index (χ0n) is 32.1. The standard InChI is InChI=1S/C56H36N2O/c1-3-21-41-37(16-1)18-14-26-42(41)39-19-13-20-40(36-39)57(52-31-11-12-32-53(52)58-50-29-9-5-23-44(50)45-24-6-10-30-51(45)58)49-28-8-7-25-46(49)47-27-15-33-54-55(47)48-35-34-38-17-2-4-22-43(38)56(48)59-54/h1-36H. The highest BCUT2D eigenvalue weighted by Gasteiger charge is 2.24. The zero-order chi connectivity index (χ0) is 38.9. The van der Waals surface area contributed by atoms with Gasteiger partial charge in [0.05, 0.1) is 28.1 Å². The maximum absolute atomic E-state index is 6.73. The average molecular weight is 753 g/mol. The molecule has 12 aromatic rings. The summed E-state index contributed by atoms with van der Waals surface area (Å²) in [6.07, 6.45) is 0. The third-order valence-corrected chi connectivity index (χ3v) is 12.0. The van der Waals surface area contributed by atoms with Gasteiger partial charge in [0.2, 0.25) is 0 Å². The SMILES string of the molecule is c1cc(-c2cccc3ccccc23)cc(N(c2ccccc2-c2cccc3oc4c5ccccc5ccc4c23)c2ccccc2-n2c3ccccc3c3ccccc32)c1. The number of anilines is 3. The summed E-state index contributed by atoms with van der Waals surface area (Å²) in [7, 11) is 0. The third kappa shape index (κ3) is 5.22. The summed E-state index contributed by atoms with van der Waals surface area (Å²) >= 11 is 0. The molecule has 3 nitrogen and oxygen atoms in total. The largest absolute Gasteiger partial charge is 0.455 e. The molecule has 0 unspecified atom stereocenters. The number of rotatable bonds is 6. The lowest BCUT2D eigenvalue weighted by Crippen LogP contribution is -2.14. The van der Waals surface area contributed by atoms with Crippen LogP contribution in [0.1, 0.15) is 0 Å². The van der Waals surface area contributed by atoms with Gasteiger partial charge in [0.15, 0.2) is 0 Å². The van der Waals surface area contributed by atoms with Gasteiger partial charge in [-0.1, -0.05) is 164 Å². The van der Waals surface area contributed by atoms with Gasteiger partial charge in [0.1, 0.15) is 11.2 Å². The number of para-hydroxylation sites is 5. The van der Waals surface area contributed by atoms with Gasteiger partial charge in [0, 0.05) is 38.2 Å². The second kappa shape index (κ2) is 13.4. The number of furan rings is 1. The van der Waals surface area contributed by atoms with Crippen LogP contribution in [0.15, 0.2) is 223 Å². The summed E-state index contributed by atoms with van der Waals surface area (Å²) in [6, 6.07) is 78.8. The summed E-state index contributed by atoms with van der Waals surface area (Å²) in [5, 5.41) is 9.42. The van der Waals surface area contributed by atoms with Crippen molar-refractivity contribution in [1.82, 2.24) is 4.57 Å². The molecule has 0 spiro atoms. The average Bonchev–Trinajstić information content (AvgIpc) is 3.86. The van der Waals surface area contributed by atoms with E-state index in [1.54, 1.807) is 0 Å². The summed E-state index contributed by atoms with van der Waals surface area (Å²) in [5.74, 6) is 0. The molecule has 0 radical (unpaired) electrons. The van der Waals surface area contributed by atoms with Gasteiger partial charge in [-0.25, -0.2) is 0 Å². The first-order valence-electron chi connectivity index (χ1n) is 20.2. The van der Waals surface area contributed by atoms with E-state index in [1.165, 1.54) is 43.5 Å². The second-order valence-electron chi connectivity index (χ2n) is 15.2. The predicted molar refractivity (Wildman–Crippen MR) is 249 cm³/mol. The smallest absolute Gasteiger partial charge is 0.143 e. The second-order valence-corrected chi connectivity index (χ2v) is 15.2. The van der Waals surface area contributed by atoms with E-state index in [0.29, 0.717) is 0 Å². The molecule has 12 rings (SSSR count). The van der Waals surface area contributed by atoms with E-state index in [0.717, 1.165) is 66.8 Å². The van der Waals surface area contributed by atoms with E-state index in [2.05, 4.69) is 228 Å².